The molecule has 1 heterocycles. The number of nitrogens with one attached hydrogen (secondary N) is 2. The quantitative estimate of drug-likeness (QED) is 0.314. The van der Waals surface area contributed by atoms with Crippen LogP contribution in [0.15, 0.2) is 78.9 Å². The highest BCUT2D eigenvalue weighted by atomic mass is 19.1. The normalized spacial score (nSPS) is 11.6. The molecule has 0 aliphatic heterocycles. The third-order valence-electron chi connectivity index (χ3n) is 6.04. The van der Waals surface area contributed by atoms with Gasteiger partial charge in [-0.05, 0) is 64.4 Å². The van der Waals surface area contributed by atoms with Gasteiger partial charge >= 0.3 is 0 Å². The lowest BCUT2D eigenvalue weighted by atomic mass is 9.85. The third kappa shape index (κ3) is 4.81. The van der Waals surface area contributed by atoms with E-state index in [-0.39, 0.29) is 23.1 Å². The van der Waals surface area contributed by atoms with Crippen LogP contribution in [0.4, 0.5) is 10.1 Å². The Morgan fingerprint density at radius 2 is 1.44 bits per heavy atom. The molecule has 0 atom stereocenters. The first-order valence-corrected chi connectivity index (χ1v) is 11.6. The summed E-state index contributed by atoms with van der Waals surface area (Å²) in [5, 5.41) is 3.05. The van der Waals surface area contributed by atoms with Crippen LogP contribution < -0.4 is 5.32 Å². The lowest BCUT2D eigenvalue weighted by Crippen LogP contribution is -2.15. The molecular formula is C30H31FN2O. The Bertz CT molecular complexity index is 1280. The van der Waals surface area contributed by atoms with Crippen molar-refractivity contribution in [2.24, 2.45) is 0 Å². The molecule has 0 saturated heterocycles. The van der Waals surface area contributed by atoms with Crippen LogP contribution in [0.2, 0.25) is 0 Å². The van der Waals surface area contributed by atoms with E-state index < -0.39 is 0 Å². The summed E-state index contributed by atoms with van der Waals surface area (Å²) in [5.74, 6) is -0.384. The first-order valence-electron chi connectivity index (χ1n) is 11.6. The van der Waals surface area contributed by atoms with Gasteiger partial charge in [0.2, 0.25) is 0 Å². The molecule has 0 saturated carbocycles. The number of H-pyrrole nitrogens is 1. The average molecular weight is 455 g/mol. The molecule has 3 nitrogen and oxygen atoms in total. The second-order valence-electron chi connectivity index (χ2n) is 9.97. The van der Waals surface area contributed by atoms with Gasteiger partial charge in [-0.25, -0.2) is 4.39 Å². The fourth-order valence-electron chi connectivity index (χ4n) is 4.16. The predicted molar refractivity (Wildman–Crippen MR) is 139 cm³/mol. The average Bonchev–Trinajstić information content (AvgIpc) is 3.21. The van der Waals surface area contributed by atoms with Gasteiger partial charge in [0.25, 0.3) is 5.91 Å². The summed E-state index contributed by atoms with van der Waals surface area (Å²) in [6.45, 7) is 10.7. The predicted octanol–water partition coefficient (Wildman–Crippen LogP) is 8.16. The van der Waals surface area contributed by atoms with E-state index in [2.05, 4.69) is 69.2 Å². The number of benzene rings is 3. The van der Waals surface area contributed by atoms with Crippen molar-refractivity contribution in [3.63, 3.8) is 0 Å². The lowest BCUT2D eigenvalue weighted by molar-refractivity contribution is 0.102. The van der Waals surface area contributed by atoms with Gasteiger partial charge in [-0.1, -0.05) is 77.1 Å². The minimum Gasteiger partial charge on any atom is -0.357 e. The number of carbonyl (C=O) groups is 1. The number of carbonyl (C=O) groups excluding carboxylic acids is 1. The fraction of sp³-hybridized carbons (Fsp3) is 0.233. The Morgan fingerprint density at radius 1 is 0.853 bits per heavy atom. The summed E-state index contributed by atoms with van der Waals surface area (Å²) < 4.78 is 13.7. The molecule has 4 rings (SSSR count). The van der Waals surface area contributed by atoms with Crippen LogP contribution >= 0.6 is 0 Å². The van der Waals surface area contributed by atoms with Crippen LogP contribution in [0.3, 0.4) is 0 Å². The van der Waals surface area contributed by atoms with Crippen molar-refractivity contribution >= 4 is 11.6 Å². The molecule has 2 N–H and O–H groups in total. The standard InChI is InChI=1S/C30H31FN2O/c1-19(2)27-26(29(34)32-24-9-7-6-8-10-24)25(20-11-15-22(16-12-20)30(3,4)5)28(33-27)21-13-17-23(31)18-14-21/h6-19,33H,1-5H3,(H,32,34). The Labute approximate surface area is 201 Å². The first-order chi connectivity index (χ1) is 16.1. The van der Waals surface area contributed by atoms with Gasteiger partial charge in [0.15, 0.2) is 0 Å². The van der Waals surface area contributed by atoms with Crippen molar-refractivity contribution < 1.29 is 9.18 Å². The van der Waals surface area contributed by atoms with E-state index in [1.165, 1.54) is 17.7 Å². The topological polar surface area (TPSA) is 44.9 Å². The zero-order valence-corrected chi connectivity index (χ0v) is 20.4. The number of hydrogen-bond donors (Lipinski definition) is 2. The fourth-order valence-corrected chi connectivity index (χ4v) is 4.16. The van der Waals surface area contributed by atoms with Gasteiger partial charge in [-0.15, -0.1) is 0 Å². The number of aromatic nitrogens is 1. The lowest BCUT2D eigenvalue weighted by Gasteiger charge is -2.19. The van der Waals surface area contributed by atoms with Crippen molar-refractivity contribution in [2.45, 2.75) is 46.0 Å². The second kappa shape index (κ2) is 9.30. The van der Waals surface area contributed by atoms with E-state index in [1.54, 1.807) is 12.1 Å². The minimum atomic E-state index is -0.294. The van der Waals surface area contributed by atoms with Gasteiger partial charge in [-0.2, -0.15) is 0 Å². The van der Waals surface area contributed by atoms with Crippen molar-refractivity contribution in [1.82, 2.24) is 4.98 Å². The van der Waals surface area contributed by atoms with Gasteiger partial charge in [0.05, 0.1) is 11.3 Å². The van der Waals surface area contributed by atoms with Crippen LogP contribution in [-0.2, 0) is 5.41 Å². The number of rotatable bonds is 5. The zero-order valence-electron chi connectivity index (χ0n) is 20.4. The number of hydrogen-bond acceptors (Lipinski definition) is 1. The maximum atomic E-state index is 13.7. The monoisotopic (exact) mass is 454 g/mol. The molecule has 0 spiro atoms. The van der Waals surface area contributed by atoms with Crippen molar-refractivity contribution in [1.29, 1.82) is 0 Å². The molecule has 4 heteroatoms. The largest absolute Gasteiger partial charge is 0.357 e. The summed E-state index contributed by atoms with van der Waals surface area (Å²) in [7, 11) is 0. The molecule has 0 fully saturated rings. The molecule has 34 heavy (non-hydrogen) atoms. The molecule has 1 amide bonds. The number of para-hydroxylation sites is 1. The maximum Gasteiger partial charge on any atom is 0.258 e. The van der Waals surface area contributed by atoms with Gasteiger partial charge in [0, 0.05) is 16.9 Å². The number of aromatic amines is 1. The Balaban J connectivity index is 1.93. The molecule has 0 bridgehead atoms. The minimum absolute atomic E-state index is 0.0209. The van der Waals surface area contributed by atoms with E-state index in [1.807, 2.05) is 30.3 Å². The summed E-state index contributed by atoms with van der Waals surface area (Å²) in [4.78, 5) is 17.2. The molecule has 0 aliphatic carbocycles. The maximum absolute atomic E-state index is 13.7. The summed E-state index contributed by atoms with van der Waals surface area (Å²) in [6, 6.07) is 24.2. The number of amides is 1. The second-order valence-corrected chi connectivity index (χ2v) is 9.97. The molecule has 0 aliphatic rings. The Hall–Kier alpha value is -3.66. The van der Waals surface area contributed by atoms with E-state index >= 15 is 0 Å². The van der Waals surface area contributed by atoms with E-state index in [0.717, 1.165) is 33.8 Å². The van der Waals surface area contributed by atoms with Crippen LogP contribution in [0.5, 0.6) is 0 Å². The molecule has 174 valence electrons. The summed E-state index contributed by atoms with van der Waals surface area (Å²) in [5.41, 5.74) is 6.84. The van der Waals surface area contributed by atoms with Crippen LogP contribution in [0.25, 0.3) is 22.4 Å². The van der Waals surface area contributed by atoms with Crippen molar-refractivity contribution in [3.8, 4) is 22.4 Å². The molecule has 0 radical (unpaired) electrons. The van der Waals surface area contributed by atoms with E-state index in [0.29, 0.717) is 5.56 Å². The van der Waals surface area contributed by atoms with Crippen molar-refractivity contribution in [3.05, 3.63) is 102 Å². The molecule has 1 aromatic heterocycles. The zero-order chi connectivity index (χ0) is 24.5. The highest BCUT2D eigenvalue weighted by molar-refractivity contribution is 6.12. The SMILES string of the molecule is CC(C)c1[nH]c(-c2ccc(F)cc2)c(-c2ccc(C(C)(C)C)cc2)c1C(=O)Nc1ccccc1. The highest BCUT2D eigenvalue weighted by Gasteiger charge is 2.27. The van der Waals surface area contributed by atoms with E-state index in [9.17, 15) is 9.18 Å². The van der Waals surface area contributed by atoms with Gasteiger partial charge < -0.3 is 10.3 Å². The first kappa shape index (κ1) is 23.5. The molecule has 0 unspecified atom stereocenters. The summed E-state index contributed by atoms with van der Waals surface area (Å²) >= 11 is 0. The van der Waals surface area contributed by atoms with E-state index in [4.69, 9.17) is 0 Å². The van der Waals surface area contributed by atoms with Gasteiger partial charge in [0.1, 0.15) is 5.82 Å². The molecular weight excluding hydrogens is 423 g/mol. The van der Waals surface area contributed by atoms with Gasteiger partial charge in [-0.3, -0.25) is 4.79 Å². The Kier molecular flexibility index (Phi) is 6.43. The number of anilines is 1. The molecule has 3 aromatic carbocycles. The smallest absolute Gasteiger partial charge is 0.258 e. The van der Waals surface area contributed by atoms with Crippen LogP contribution in [0, 0.1) is 5.82 Å². The third-order valence-corrected chi connectivity index (χ3v) is 6.04. The Morgan fingerprint density at radius 3 is 2.00 bits per heavy atom. The van der Waals surface area contributed by atoms with Crippen LogP contribution in [-0.4, -0.2) is 10.9 Å². The summed E-state index contributed by atoms with van der Waals surface area (Å²) in [6.07, 6.45) is 0. The number of halogens is 1. The van der Waals surface area contributed by atoms with Crippen molar-refractivity contribution in [2.75, 3.05) is 5.32 Å². The molecule has 4 aromatic rings. The van der Waals surface area contributed by atoms with Crippen LogP contribution in [0.1, 0.15) is 62.2 Å². The highest BCUT2D eigenvalue weighted by Crippen LogP contribution is 2.40.